The molecule has 0 unspecified atom stereocenters. The Kier molecular flexibility index (Phi) is 4.37. The maximum absolute atomic E-state index is 5.82. The first-order valence-electron chi connectivity index (χ1n) is 6.66. The molecule has 1 N–H and O–H groups in total. The summed E-state index contributed by atoms with van der Waals surface area (Å²) in [5.74, 6) is 0.883. The van der Waals surface area contributed by atoms with Crippen molar-refractivity contribution in [3.63, 3.8) is 0 Å². The van der Waals surface area contributed by atoms with Crippen LogP contribution in [0.4, 0.5) is 0 Å². The van der Waals surface area contributed by atoms with Gasteiger partial charge in [-0.3, -0.25) is 4.98 Å². The van der Waals surface area contributed by atoms with Crippen LogP contribution in [0.1, 0.15) is 45.2 Å². The van der Waals surface area contributed by atoms with Crippen molar-refractivity contribution in [2.75, 3.05) is 0 Å². The predicted molar refractivity (Wildman–Crippen MR) is 69.1 cm³/mol. The lowest BCUT2D eigenvalue weighted by Gasteiger charge is -2.15. The number of rotatable bonds is 7. The van der Waals surface area contributed by atoms with Gasteiger partial charge in [-0.1, -0.05) is 13.8 Å². The number of hydrogen-bond acceptors (Lipinski definition) is 3. The van der Waals surface area contributed by atoms with E-state index in [2.05, 4.69) is 24.1 Å². The van der Waals surface area contributed by atoms with Gasteiger partial charge in [0.05, 0.1) is 18.0 Å². The highest BCUT2D eigenvalue weighted by atomic mass is 16.5. The van der Waals surface area contributed by atoms with Gasteiger partial charge in [-0.05, 0) is 37.8 Å². The van der Waals surface area contributed by atoms with Gasteiger partial charge < -0.3 is 10.1 Å². The number of hydrogen-bond donors (Lipinski definition) is 1. The van der Waals surface area contributed by atoms with Gasteiger partial charge in [-0.2, -0.15) is 0 Å². The Bertz CT molecular complexity index is 329. The number of ether oxygens (including phenoxy) is 1. The molecule has 2 rings (SSSR count). The first-order chi connectivity index (χ1) is 8.31. The molecule has 94 valence electrons. The molecule has 1 aliphatic rings. The average molecular weight is 234 g/mol. The van der Waals surface area contributed by atoms with Crippen molar-refractivity contribution in [1.29, 1.82) is 0 Å². The van der Waals surface area contributed by atoms with Gasteiger partial charge in [-0.25, -0.2) is 0 Å². The second-order valence-corrected chi connectivity index (χ2v) is 4.70. The monoisotopic (exact) mass is 234 g/mol. The molecule has 0 aromatic carbocycles. The maximum atomic E-state index is 5.82. The van der Waals surface area contributed by atoms with Crippen LogP contribution in [0.5, 0.6) is 5.75 Å². The van der Waals surface area contributed by atoms with E-state index >= 15 is 0 Å². The van der Waals surface area contributed by atoms with Gasteiger partial charge in [0.2, 0.25) is 0 Å². The van der Waals surface area contributed by atoms with E-state index in [-0.39, 0.29) is 0 Å². The van der Waals surface area contributed by atoms with Crippen molar-refractivity contribution < 1.29 is 4.74 Å². The fraction of sp³-hybridized carbons (Fsp3) is 0.643. The van der Waals surface area contributed by atoms with Crippen molar-refractivity contribution in [2.45, 2.75) is 58.2 Å². The minimum absolute atomic E-state index is 0.312. The van der Waals surface area contributed by atoms with Gasteiger partial charge in [0, 0.05) is 12.6 Å². The van der Waals surface area contributed by atoms with E-state index in [0.29, 0.717) is 6.10 Å². The number of nitrogens with one attached hydrogen (secondary N) is 1. The van der Waals surface area contributed by atoms with Crippen molar-refractivity contribution in [3.05, 3.63) is 24.0 Å². The van der Waals surface area contributed by atoms with Crippen LogP contribution in [-0.2, 0) is 6.54 Å². The summed E-state index contributed by atoms with van der Waals surface area (Å²) < 4.78 is 5.82. The van der Waals surface area contributed by atoms with Gasteiger partial charge >= 0.3 is 0 Å². The minimum Gasteiger partial charge on any atom is -0.489 e. The fourth-order valence-electron chi connectivity index (χ4n) is 1.77. The van der Waals surface area contributed by atoms with Crippen LogP contribution in [0.2, 0.25) is 0 Å². The van der Waals surface area contributed by atoms with Gasteiger partial charge in [0.15, 0.2) is 0 Å². The van der Waals surface area contributed by atoms with Gasteiger partial charge in [0.25, 0.3) is 0 Å². The summed E-state index contributed by atoms with van der Waals surface area (Å²) in [6, 6.07) is 4.81. The van der Waals surface area contributed by atoms with Crippen LogP contribution < -0.4 is 10.1 Å². The largest absolute Gasteiger partial charge is 0.489 e. The van der Waals surface area contributed by atoms with E-state index in [1.807, 2.05) is 18.3 Å². The molecule has 1 aromatic heterocycles. The Hall–Kier alpha value is -1.09. The molecule has 0 saturated heterocycles. The van der Waals surface area contributed by atoms with E-state index in [0.717, 1.165) is 36.9 Å². The van der Waals surface area contributed by atoms with E-state index in [9.17, 15) is 0 Å². The zero-order chi connectivity index (χ0) is 12.1. The molecule has 0 bridgehead atoms. The molecule has 3 nitrogen and oxygen atoms in total. The van der Waals surface area contributed by atoms with Gasteiger partial charge in [0.1, 0.15) is 5.75 Å². The number of nitrogens with zero attached hydrogens (tertiary/aromatic N) is 1. The van der Waals surface area contributed by atoms with Crippen LogP contribution in [0.25, 0.3) is 0 Å². The Morgan fingerprint density at radius 1 is 1.35 bits per heavy atom. The first kappa shape index (κ1) is 12.4. The molecule has 0 aliphatic heterocycles. The fourth-order valence-corrected chi connectivity index (χ4v) is 1.77. The van der Waals surface area contributed by atoms with Crippen LogP contribution in [0.3, 0.4) is 0 Å². The van der Waals surface area contributed by atoms with Crippen LogP contribution in [0, 0.1) is 0 Å². The van der Waals surface area contributed by atoms with E-state index in [4.69, 9.17) is 4.74 Å². The second kappa shape index (κ2) is 6.01. The van der Waals surface area contributed by atoms with Gasteiger partial charge in [-0.15, -0.1) is 0 Å². The van der Waals surface area contributed by atoms with E-state index in [1.165, 1.54) is 12.8 Å². The summed E-state index contributed by atoms with van der Waals surface area (Å²) in [6.45, 7) is 5.17. The highest BCUT2D eigenvalue weighted by Crippen LogP contribution is 2.19. The topological polar surface area (TPSA) is 34.1 Å². The molecule has 0 spiro atoms. The molecule has 3 heteroatoms. The molecule has 1 aliphatic carbocycles. The Morgan fingerprint density at radius 3 is 2.65 bits per heavy atom. The highest BCUT2D eigenvalue weighted by molar-refractivity contribution is 5.20. The Morgan fingerprint density at radius 2 is 2.12 bits per heavy atom. The average Bonchev–Trinajstić information content (AvgIpc) is 3.19. The third-order valence-corrected chi connectivity index (χ3v) is 3.16. The molecule has 1 saturated carbocycles. The summed E-state index contributed by atoms with van der Waals surface area (Å²) in [7, 11) is 0. The maximum Gasteiger partial charge on any atom is 0.138 e. The van der Waals surface area contributed by atoms with Crippen molar-refractivity contribution >= 4 is 0 Å². The summed E-state index contributed by atoms with van der Waals surface area (Å²) in [5.41, 5.74) is 1.09. The molecule has 17 heavy (non-hydrogen) atoms. The molecule has 1 fully saturated rings. The standard InChI is InChI=1S/C14H22N2O/c1-3-13(4-2)17-14-8-7-12(16-10-14)9-15-11-5-6-11/h7-8,10-11,13,15H,3-6,9H2,1-2H3. The van der Waals surface area contributed by atoms with Crippen molar-refractivity contribution in [1.82, 2.24) is 10.3 Å². The molecule has 0 radical (unpaired) electrons. The predicted octanol–water partition coefficient (Wildman–Crippen LogP) is 2.90. The quantitative estimate of drug-likeness (QED) is 0.787. The van der Waals surface area contributed by atoms with Crippen LogP contribution in [0.15, 0.2) is 18.3 Å². The number of aromatic nitrogens is 1. The van der Waals surface area contributed by atoms with Crippen LogP contribution >= 0.6 is 0 Å². The molecular weight excluding hydrogens is 212 g/mol. The zero-order valence-electron chi connectivity index (χ0n) is 10.8. The van der Waals surface area contributed by atoms with E-state index in [1.54, 1.807) is 0 Å². The lowest BCUT2D eigenvalue weighted by atomic mass is 10.2. The third-order valence-electron chi connectivity index (χ3n) is 3.16. The van der Waals surface area contributed by atoms with Crippen LogP contribution in [-0.4, -0.2) is 17.1 Å². The highest BCUT2D eigenvalue weighted by Gasteiger charge is 2.20. The lowest BCUT2D eigenvalue weighted by Crippen LogP contribution is -2.16. The summed E-state index contributed by atoms with van der Waals surface area (Å²) in [4.78, 5) is 4.41. The summed E-state index contributed by atoms with van der Waals surface area (Å²) in [5, 5.41) is 3.45. The third kappa shape index (κ3) is 4.00. The molecule has 1 heterocycles. The molecule has 0 amide bonds. The Labute approximate surface area is 104 Å². The number of pyridine rings is 1. The SMILES string of the molecule is CCC(CC)Oc1ccc(CNC2CC2)nc1. The first-order valence-corrected chi connectivity index (χ1v) is 6.66. The lowest BCUT2D eigenvalue weighted by molar-refractivity contribution is 0.192. The Balaban J connectivity index is 1.83. The summed E-state index contributed by atoms with van der Waals surface area (Å²) >= 11 is 0. The second-order valence-electron chi connectivity index (χ2n) is 4.70. The zero-order valence-corrected chi connectivity index (χ0v) is 10.8. The summed E-state index contributed by atoms with van der Waals surface area (Å²) in [6.07, 6.45) is 6.86. The molecule has 1 aromatic rings. The van der Waals surface area contributed by atoms with Crippen molar-refractivity contribution in [3.8, 4) is 5.75 Å². The van der Waals surface area contributed by atoms with E-state index < -0.39 is 0 Å². The minimum atomic E-state index is 0.312. The smallest absolute Gasteiger partial charge is 0.138 e. The normalized spacial score (nSPS) is 15.2. The molecule has 0 atom stereocenters. The molecular formula is C14H22N2O. The van der Waals surface area contributed by atoms with Crippen molar-refractivity contribution in [2.24, 2.45) is 0 Å².